The number of nitrogens with zero attached hydrogens (tertiary/aromatic N) is 4. The number of hydrogen-bond donors (Lipinski definition) is 1. The van der Waals surface area contributed by atoms with Gasteiger partial charge in [-0.05, 0) is 18.1 Å². The van der Waals surface area contributed by atoms with Crippen molar-refractivity contribution in [3.05, 3.63) is 50.6 Å². The molecule has 0 aromatic carbocycles. The molecule has 3 heterocycles. The lowest BCUT2D eigenvalue weighted by molar-refractivity contribution is 0.494. The largest absolute Gasteiger partial charge is 0.384 e. The van der Waals surface area contributed by atoms with Crippen LogP contribution in [0.3, 0.4) is 0 Å². The van der Waals surface area contributed by atoms with E-state index in [-0.39, 0.29) is 17.3 Å². The lowest BCUT2D eigenvalue weighted by Crippen LogP contribution is -2.41. The Kier molecular flexibility index (Phi) is 4.54. The summed E-state index contributed by atoms with van der Waals surface area (Å²) in [5.74, 6) is 0.365. The van der Waals surface area contributed by atoms with Gasteiger partial charge in [-0.2, -0.15) is 0 Å². The van der Waals surface area contributed by atoms with E-state index in [1.807, 2.05) is 32.0 Å². The van der Waals surface area contributed by atoms with Gasteiger partial charge in [0.15, 0.2) is 0 Å². The molecule has 7 nitrogen and oxygen atoms in total. The molecule has 0 saturated carbocycles. The van der Waals surface area contributed by atoms with Crippen LogP contribution in [-0.4, -0.2) is 19.1 Å². The van der Waals surface area contributed by atoms with Gasteiger partial charge < -0.3 is 5.73 Å². The molecule has 0 aliphatic heterocycles. The summed E-state index contributed by atoms with van der Waals surface area (Å²) in [7, 11) is 1.45. The number of thiazole rings is 1. The van der Waals surface area contributed by atoms with Gasteiger partial charge in [0.05, 0.1) is 11.4 Å². The van der Waals surface area contributed by atoms with Gasteiger partial charge in [-0.1, -0.05) is 19.9 Å². The predicted octanol–water partition coefficient (Wildman–Crippen LogP) is 1.97. The molecule has 0 fully saturated rings. The first kappa shape index (κ1) is 17.1. The van der Waals surface area contributed by atoms with Gasteiger partial charge >= 0.3 is 5.69 Å². The average molecular weight is 357 g/mol. The average Bonchev–Trinajstić information content (AvgIpc) is 3.07. The van der Waals surface area contributed by atoms with Crippen molar-refractivity contribution in [2.45, 2.75) is 20.4 Å². The van der Waals surface area contributed by atoms with E-state index in [0.29, 0.717) is 17.2 Å². The third kappa shape index (κ3) is 3.12. The normalized spacial score (nSPS) is 11.2. The second kappa shape index (κ2) is 6.64. The maximum absolute atomic E-state index is 12.6. The maximum Gasteiger partial charge on any atom is 0.332 e. The van der Waals surface area contributed by atoms with E-state index in [0.717, 1.165) is 10.3 Å². The summed E-state index contributed by atoms with van der Waals surface area (Å²) in [5.41, 5.74) is 6.76. The Labute approximate surface area is 148 Å². The zero-order chi connectivity index (χ0) is 18.1. The SMILES string of the molecule is CC(C)Cn1c(N)c(-c2csc(-c3ccccn3)n2)c(=O)n(C)c1=O. The molecule has 0 aliphatic rings. The molecular formula is C17H19N5O2S. The standard InChI is InChI=1S/C17H19N5O2S/c1-10(2)8-22-14(18)13(16(23)21(3)17(22)24)12-9-25-15(20-12)11-6-4-5-7-19-11/h4-7,9-10H,8,18H2,1-3H3. The molecule has 2 N–H and O–H groups in total. The Morgan fingerprint density at radius 2 is 2.00 bits per heavy atom. The fourth-order valence-corrected chi connectivity index (χ4v) is 3.35. The van der Waals surface area contributed by atoms with Crippen molar-refractivity contribution < 1.29 is 0 Å². The van der Waals surface area contributed by atoms with Crippen LogP contribution in [-0.2, 0) is 13.6 Å². The molecule has 0 saturated heterocycles. The van der Waals surface area contributed by atoms with Crippen molar-refractivity contribution in [3.8, 4) is 22.0 Å². The lowest BCUT2D eigenvalue weighted by Gasteiger charge is -2.15. The summed E-state index contributed by atoms with van der Waals surface area (Å²) in [4.78, 5) is 33.8. The molecule has 0 radical (unpaired) electrons. The van der Waals surface area contributed by atoms with Crippen LogP contribution in [0.15, 0.2) is 39.4 Å². The van der Waals surface area contributed by atoms with E-state index in [1.54, 1.807) is 11.6 Å². The summed E-state index contributed by atoms with van der Waals surface area (Å²) in [6, 6.07) is 5.55. The molecule has 0 amide bonds. The van der Waals surface area contributed by atoms with Gasteiger partial charge in [-0.15, -0.1) is 11.3 Å². The third-order valence-corrected chi connectivity index (χ3v) is 4.64. The molecule has 0 spiro atoms. The molecule has 8 heteroatoms. The summed E-state index contributed by atoms with van der Waals surface area (Å²) in [6.45, 7) is 4.40. The van der Waals surface area contributed by atoms with E-state index in [9.17, 15) is 9.59 Å². The zero-order valence-corrected chi connectivity index (χ0v) is 15.1. The van der Waals surface area contributed by atoms with Crippen LogP contribution >= 0.6 is 11.3 Å². The van der Waals surface area contributed by atoms with Gasteiger partial charge in [0, 0.05) is 25.2 Å². The van der Waals surface area contributed by atoms with Crippen molar-refractivity contribution in [1.82, 2.24) is 19.1 Å². The van der Waals surface area contributed by atoms with E-state index < -0.39 is 11.2 Å². The Hall–Kier alpha value is -2.74. The van der Waals surface area contributed by atoms with Gasteiger partial charge in [-0.25, -0.2) is 9.78 Å². The minimum atomic E-state index is -0.444. The molecule has 3 aromatic heterocycles. The second-order valence-corrected chi connectivity index (χ2v) is 7.02. The molecule has 0 atom stereocenters. The van der Waals surface area contributed by atoms with Crippen LogP contribution < -0.4 is 17.0 Å². The topological polar surface area (TPSA) is 95.8 Å². The van der Waals surface area contributed by atoms with Crippen LogP contribution in [0.4, 0.5) is 5.82 Å². The quantitative estimate of drug-likeness (QED) is 0.770. The molecule has 25 heavy (non-hydrogen) atoms. The fraction of sp³-hybridized carbons (Fsp3) is 0.294. The number of rotatable bonds is 4. The Bertz CT molecular complexity index is 1020. The molecule has 0 unspecified atom stereocenters. The van der Waals surface area contributed by atoms with Crippen molar-refractivity contribution >= 4 is 17.2 Å². The van der Waals surface area contributed by atoms with E-state index in [4.69, 9.17) is 5.73 Å². The van der Waals surface area contributed by atoms with Gasteiger partial charge in [0.1, 0.15) is 16.4 Å². The van der Waals surface area contributed by atoms with E-state index >= 15 is 0 Å². The first-order valence-electron chi connectivity index (χ1n) is 7.86. The van der Waals surface area contributed by atoms with Crippen LogP contribution in [0, 0.1) is 5.92 Å². The van der Waals surface area contributed by atoms with Crippen molar-refractivity contribution in [1.29, 1.82) is 0 Å². The smallest absolute Gasteiger partial charge is 0.332 e. The summed E-state index contributed by atoms with van der Waals surface area (Å²) in [6.07, 6.45) is 1.69. The Morgan fingerprint density at radius 3 is 2.64 bits per heavy atom. The van der Waals surface area contributed by atoms with E-state index in [2.05, 4.69) is 9.97 Å². The molecule has 3 rings (SSSR count). The number of aromatic nitrogens is 4. The van der Waals surface area contributed by atoms with Crippen LogP contribution in [0.25, 0.3) is 22.0 Å². The highest BCUT2D eigenvalue weighted by Gasteiger charge is 2.20. The van der Waals surface area contributed by atoms with Gasteiger partial charge in [-0.3, -0.25) is 18.9 Å². The number of hydrogen-bond acceptors (Lipinski definition) is 6. The van der Waals surface area contributed by atoms with Gasteiger partial charge in [0.25, 0.3) is 5.56 Å². The van der Waals surface area contributed by atoms with E-state index in [1.165, 1.54) is 23.0 Å². The number of anilines is 1. The Balaban J connectivity index is 2.18. The number of pyridine rings is 1. The second-order valence-electron chi connectivity index (χ2n) is 6.16. The molecule has 130 valence electrons. The summed E-state index contributed by atoms with van der Waals surface area (Å²) < 4.78 is 2.51. The maximum atomic E-state index is 12.6. The van der Waals surface area contributed by atoms with Crippen LogP contribution in [0.5, 0.6) is 0 Å². The summed E-state index contributed by atoms with van der Waals surface area (Å²) >= 11 is 1.38. The zero-order valence-electron chi connectivity index (χ0n) is 14.3. The predicted molar refractivity (Wildman–Crippen MR) is 99.5 cm³/mol. The first-order chi connectivity index (χ1) is 11.9. The molecule has 3 aromatic rings. The third-order valence-electron chi connectivity index (χ3n) is 3.78. The van der Waals surface area contributed by atoms with Crippen molar-refractivity contribution in [2.75, 3.05) is 5.73 Å². The number of nitrogen functional groups attached to an aromatic ring is 1. The van der Waals surface area contributed by atoms with Gasteiger partial charge in [0.2, 0.25) is 0 Å². The first-order valence-corrected chi connectivity index (χ1v) is 8.74. The highest BCUT2D eigenvalue weighted by atomic mass is 32.1. The monoisotopic (exact) mass is 357 g/mol. The Morgan fingerprint density at radius 1 is 1.24 bits per heavy atom. The minimum absolute atomic E-state index is 0.152. The highest BCUT2D eigenvalue weighted by Crippen LogP contribution is 2.28. The fourth-order valence-electron chi connectivity index (χ4n) is 2.56. The molecule has 0 bridgehead atoms. The lowest BCUT2D eigenvalue weighted by atomic mass is 10.2. The number of nitrogens with two attached hydrogens (primary N) is 1. The minimum Gasteiger partial charge on any atom is -0.384 e. The van der Waals surface area contributed by atoms with Crippen molar-refractivity contribution in [3.63, 3.8) is 0 Å². The van der Waals surface area contributed by atoms with Crippen LogP contribution in [0.1, 0.15) is 13.8 Å². The van der Waals surface area contributed by atoms with Crippen molar-refractivity contribution in [2.24, 2.45) is 13.0 Å². The van der Waals surface area contributed by atoms with Crippen LogP contribution in [0.2, 0.25) is 0 Å². The highest BCUT2D eigenvalue weighted by molar-refractivity contribution is 7.13. The molecular weight excluding hydrogens is 338 g/mol. The summed E-state index contributed by atoms with van der Waals surface area (Å²) in [5, 5.41) is 2.46. The molecule has 0 aliphatic carbocycles.